The Balaban J connectivity index is 1.58. The van der Waals surface area contributed by atoms with Crippen LogP contribution in [0.4, 0.5) is 4.79 Å². The van der Waals surface area contributed by atoms with Crippen molar-refractivity contribution in [3.8, 4) is 0 Å². The number of nitrogens with one attached hydrogen (secondary N) is 1. The average Bonchev–Trinajstić information content (AvgIpc) is 2.60. The number of carbonyl (C=O) groups excluding carboxylic acids is 2. The topological polar surface area (TPSA) is 74.8 Å². The first kappa shape index (κ1) is 21.2. The highest BCUT2D eigenvalue weighted by Gasteiger charge is 2.25. The molecule has 0 spiro atoms. The maximum absolute atomic E-state index is 12.1. The quantitative estimate of drug-likeness (QED) is 0.769. The lowest BCUT2D eigenvalue weighted by Gasteiger charge is -2.35. The van der Waals surface area contributed by atoms with Crippen LogP contribution in [0.5, 0.6) is 0 Å². The molecule has 1 aliphatic heterocycles. The highest BCUT2D eigenvalue weighted by Crippen LogP contribution is 2.12. The van der Waals surface area contributed by atoms with Gasteiger partial charge in [-0.25, -0.2) is 4.79 Å². The smallest absolute Gasteiger partial charge is 0.410 e. The van der Waals surface area contributed by atoms with Crippen molar-refractivity contribution in [2.45, 2.75) is 46.1 Å². The first-order valence-corrected chi connectivity index (χ1v) is 9.61. The summed E-state index contributed by atoms with van der Waals surface area (Å²) in [7, 11) is 0. The number of pyridine rings is 1. The van der Waals surface area contributed by atoms with E-state index in [1.165, 1.54) is 0 Å². The fourth-order valence-corrected chi connectivity index (χ4v) is 2.86. The molecule has 1 N–H and O–H groups in total. The number of nitrogens with zero attached hydrogens (tertiary/aromatic N) is 3. The second kappa shape index (κ2) is 9.69. The summed E-state index contributed by atoms with van der Waals surface area (Å²) in [5, 5.41) is 2.96. The normalized spacial score (nSPS) is 15.5. The van der Waals surface area contributed by atoms with Gasteiger partial charge in [0, 0.05) is 44.6 Å². The minimum atomic E-state index is -0.457. The Hall–Kier alpha value is -2.15. The molecule has 2 heterocycles. The fraction of sp³-hybridized carbons (Fsp3) is 0.650. The number of amides is 2. The van der Waals surface area contributed by atoms with Crippen LogP contribution in [0, 0.1) is 6.92 Å². The zero-order valence-electron chi connectivity index (χ0n) is 17.0. The van der Waals surface area contributed by atoms with Gasteiger partial charge in [0.1, 0.15) is 5.60 Å². The van der Waals surface area contributed by atoms with Gasteiger partial charge in [0.15, 0.2) is 0 Å². The first-order valence-electron chi connectivity index (χ1n) is 9.61. The number of carbonyl (C=O) groups is 2. The monoisotopic (exact) mass is 376 g/mol. The largest absolute Gasteiger partial charge is 0.444 e. The molecule has 1 aliphatic rings. The van der Waals surface area contributed by atoms with Crippen LogP contribution in [0.3, 0.4) is 0 Å². The SMILES string of the molecule is Cc1ccc(CC(=O)NCCCN2CCN(C(=O)OC(C)(C)C)CC2)cn1. The van der Waals surface area contributed by atoms with Crippen molar-refractivity contribution in [3.63, 3.8) is 0 Å². The number of hydrogen-bond acceptors (Lipinski definition) is 5. The minimum absolute atomic E-state index is 0.0235. The molecule has 150 valence electrons. The van der Waals surface area contributed by atoms with Crippen molar-refractivity contribution in [3.05, 3.63) is 29.6 Å². The molecule has 0 radical (unpaired) electrons. The van der Waals surface area contributed by atoms with E-state index in [-0.39, 0.29) is 12.0 Å². The van der Waals surface area contributed by atoms with Gasteiger partial charge in [0.05, 0.1) is 6.42 Å². The molecular weight excluding hydrogens is 344 g/mol. The van der Waals surface area contributed by atoms with Crippen LogP contribution < -0.4 is 5.32 Å². The fourth-order valence-electron chi connectivity index (χ4n) is 2.86. The zero-order chi connectivity index (χ0) is 19.9. The number of rotatable bonds is 6. The summed E-state index contributed by atoms with van der Waals surface area (Å²) in [5.74, 6) is 0.0235. The number of aromatic nitrogens is 1. The maximum Gasteiger partial charge on any atom is 0.410 e. The number of hydrogen-bond donors (Lipinski definition) is 1. The molecule has 1 aromatic heterocycles. The molecule has 0 aromatic carbocycles. The van der Waals surface area contributed by atoms with Crippen LogP contribution in [-0.4, -0.2) is 71.7 Å². The van der Waals surface area contributed by atoms with Gasteiger partial charge in [-0.05, 0) is 52.3 Å². The highest BCUT2D eigenvalue weighted by atomic mass is 16.6. The Morgan fingerprint density at radius 2 is 1.89 bits per heavy atom. The number of ether oxygens (including phenoxy) is 1. The molecule has 0 saturated carbocycles. The Kier molecular flexibility index (Phi) is 7.59. The van der Waals surface area contributed by atoms with E-state index in [2.05, 4.69) is 15.2 Å². The van der Waals surface area contributed by atoms with Crippen molar-refractivity contribution < 1.29 is 14.3 Å². The van der Waals surface area contributed by atoms with Gasteiger partial charge in [0.25, 0.3) is 0 Å². The molecule has 2 amide bonds. The highest BCUT2D eigenvalue weighted by molar-refractivity contribution is 5.78. The molecule has 1 saturated heterocycles. The third-order valence-electron chi connectivity index (χ3n) is 4.33. The molecule has 1 fully saturated rings. The summed E-state index contributed by atoms with van der Waals surface area (Å²) in [6.07, 6.45) is 2.77. The lowest BCUT2D eigenvalue weighted by atomic mass is 10.2. The second-order valence-electron chi connectivity index (χ2n) is 8.00. The van der Waals surface area contributed by atoms with Crippen molar-refractivity contribution in [1.82, 2.24) is 20.1 Å². The van der Waals surface area contributed by atoms with E-state index in [9.17, 15) is 9.59 Å². The van der Waals surface area contributed by atoms with Crippen LogP contribution in [-0.2, 0) is 16.0 Å². The lowest BCUT2D eigenvalue weighted by Crippen LogP contribution is -2.50. The minimum Gasteiger partial charge on any atom is -0.444 e. The lowest BCUT2D eigenvalue weighted by molar-refractivity contribution is -0.120. The van der Waals surface area contributed by atoms with Crippen molar-refractivity contribution in [2.24, 2.45) is 0 Å². The summed E-state index contributed by atoms with van der Waals surface area (Å²) >= 11 is 0. The van der Waals surface area contributed by atoms with Gasteiger partial charge in [-0.2, -0.15) is 0 Å². The predicted octanol–water partition coefficient (Wildman–Crippen LogP) is 1.99. The maximum atomic E-state index is 12.1. The summed E-state index contributed by atoms with van der Waals surface area (Å²) in [6, 6.07) is 3.85. The van der Waals surface area contributed by atoms with E-state index in [1.54, 1.807) is 11.1 Å². The third-order valence-corrected chi connectivity index (χ3v) is 4.33. The standard InChI is InChI=1S/C20H32N4O3/c1-16-6-7-17(15-22-16)14-18(25)21-8-5-9-23-10-12-24(13-11-23)19(26)27-20(2,3)4/h6-7,15H,5,8-14H2,1-4H3,(H,21,25). The summed E-state index contributed by atoms with van der Waals surface area (Å²) < 4.78 is 5.41. The van der Waals surface area contributed by atoms with Crippen LogP contribution >= 0.6 is 0 Å². The molecular formula is C20H32N4O3. The van der Waals surface area contributed by atoms with Gasteiger partial charge in [-0.3, -0.25) is 14.7 Å². The average molecular weight is 377 g/mol. The van der Waals surface area contributed by atoms with Crippen molar-refractivity contribution in [1.29, 1.82) is 0 Å². The van der Waals surface area contributed by atoms with Gasteiger partial charge in [0.2, 0.25) is 5.91 Å². The molecule has 7 nitrogen and oxygen atoms in total. The molecule has 0 atom stereocenters. The Labute approximate surface area is 162 Å². The Bertz CT molecular complexity index is 617. The first-order chi connectivity index (χ1) is 12.7. The van der Waals surface area contributed by atoms with Gasteiger partial charge in [-0.1, -0.05) is 6.07 Å². The van der Waals surface area contributed by atoms with E-state index in [0.29, 0.717) is 26.1 Å². The van der Waals surface area contributed by atoms with Crippen molar-refractivity contribution >= 4 is 12.0 Å². The van der Waals surface area contributed by atoms with E-state index < -0.39 is 5.60 Å². The predicted molar refractivity (Wildman–Crippen MR) is 105 cm³/mol. The van der Waals surface area contributed by atoms with E-state index in [1.807, 2.05) is 39.8 Å². The molecule has 0 bridgehead atoms. The molecule has 7 heteroatoms. The van der Waals surface area contributed by atoms with E-state index >= 15 is 0 Å². The summed E-state index contributed by atoms with van der Waals surface area (Å²) in [5.41, 5.74) is 1.42. The Morgan fingerprint density at radius 3 is 2.48 bits per heavy atom. The van der Waals surface area contributed by atoms with Gasteiger partial charge in [-0.15, -0.1) is 0 Å². The van der Waals surface area contributed by atoms with Crippen LogP contribution in [0.1, 0.15) is 38.4 Å². The summed E-state index contributed by atoms with van der Waals surface area (Å²) in [4.78, 5) is 32.3. The van der Waals surface area contributed by atoms with Crippen molar-refractivity contribution in [2.75, 3.05) is 39.3 Å². The zero-order valence-corrected chi connectivity index (χ0v) is 17.0. The van der Waals surface area contributed by atoms with Crippen LogP contribution in [0.15, 0.2) is 18.3 Å². The molecule has 0 aliphatic carbocycles. The Morgan fingerprint density at radius 1 is 1.19 bits per heavy atom. The third kappa shape index (κ3) is 7.95. The van der Waals surface area contributed by atoms with Gasteiger partial charge >= 0.3 is 6.09 Å². The molecule has 2 rings (SSSR count). The van der Waals surface area contributed by atoms with E-state index in [4.69, 9.17) is 4.74 Å². The number of aryl methyl sites for hydroxylation is 1. The summed E-state index contributed by atoms with van der Waals surface area (Å²) in [6.45, 7) is 12.2. The second-order valence-corrected chi connectivity index (χ2v) is 8.00. The van der Waals surface area contributed by atoms with Crippen LogP contribution in [0.2, 0.25) is 0 Å². The molecule has 0 unspecified atom stereocenters. The van der Waals surface area contributed by atoms with Gasteiger partial charge < -0.3 is 15.0 Å². The van der Waals surface area contributed by atoms with E-state index in [0.717, 1.165) is 37.3 Å². The molecule has 1 aromatic rings. The van der Waals surface area contributed by atoms with Crippen LogP contribution in [0.25, 0.3) is 0 Å². The number of piperazine rings is 1. The molecule has 27 heavy (non-hydrogen) atoms.